The average molecular weight is 351 g/mol. The molecule has 0 spiro atoms. The van der Waals surface area contributed by atoms with E-state index in [2.05, 4.69) is 17.2 Å². The molecule has 23 heavy (non-hydrogen) atoms. The zero-order valence-electron chi connectivity index (χ0n) is 13.2. The van der Waals surface area contributed by atoms with Gasteiger partial charge in [-0.25, -0.2) is 4.98 Å². The lowest BCUT2D eigenvalue weighted by molar-refractivity contribution is -0.134. The molecule has 1 N–H and O–H groups in total. The number of carbonyl (C=O) groups is 2. The maximum absolute atomic E-state index is 12.5. The molecule has 0 aromatic carbocycles. The predicted molar refractivity (Wildman–Crippen MR) is 94.9 cm³/mol. The number of amides is 2. The van der Waals surface area contributed by atoms with Crippen molar-refractivity contribution in [2.24, 2.45) is 0 Å². The Kier molecular flexibility index (Phi) is 7.22. The number of aromatic nitrogens is 1. The summed E-state index contributed by atoms with van der Waals surface area (Å²) in [6, 6.07) is 3.88. The third kappa shape index (κ3) is 6.11. The van der Waals surface area contributed by atoms with Gasteiger partial charge in [0.25, 0.3) is 0 Å². The van der Waals surface area contributed by atoms with E-state index in [1.807, 2.05) is 17.5 Å². The van der Waals surface area contributed by atoms with Crippen molar-refractivity contribution in [3.8, 4) is 0 Å². The van der Waals surface area contributed by atoms with Crippen molar-refractivity contribution in [3.05, 3.63) is 34.0 Å². The van der Waals surface area contributed by atoms with Crippen molar-refractivity contribution in [2.45, 2.75) is 32.6 Å². The maximum atomic E-state index is 12.5. The fraction of sp³-hybridized carbons (Fsp3) is 0.438. The topological polar surface area (TPSA) is 62.3 Å². The standard InChI is InChI=1S/C16H21N3O2S2/c1-2-3-4-8-19(15(21)11-13-6-5-9-22-13)12-14(20)18-16-17-7-10-23-16/h5-7,9-10H,2-4,8,11-12H2,1H3,(H,17,18,20). The predicted octanol–water partition coefficient (Wildman–Crippen LogP) is 3.40. The van der Waals surface area contributed by atoms with E-state index in [0.717, 1.165) is 24.1 Å². The highest BCUT2D eigenvalue weighted by atomic mass is 32.1. The van der Waals surface area contributed by atoms with Crippen LogP contribution in [0, 0.1) is 0 Å². The molecule has 0 aliphatic carbocycles. The van der Waals surface area contributed by atoms with Crippen LogP contribution in [0.5, 0.6) is 0 Å². The molecule has 0 saturated heterocycles. The Labute approximate surface area is 144 Å². The van der Waals surface area contributed by atoms with E-state index in [0.29, 0.717) is 18.1 Å². The SMILES string of the molecule is CCCCCN(CC(=O)Nc1nccs1)C(=O)Cc1cccs1. The Balaban J connectivity index is 1.92. The molecule has 7 heteroatoms. The third-order valence-corrected chi connectivity index (χ3v) is 4.87. The molecule has 5 nitrogen and oxygen atoms in total. The summed E-state index contributed by atoms with van der Waals surface area (Å²) in [6.07, 6.45) is 5.04. The van der Waals surface area contributed by atoms with Crippen molar-refractivity contribution >= 4 is 39.6 Å². The smallest absolute Gasteiger partial charge is 0.245 e. The fourth-order valence-electron chi connectivity index (χ4n) is 2.14. The quantitative estimate of drug-likeness (QED) is 0.704. The van der Waals surface area contributed by atoms with E-state index in [9.17, 15) is 9.59 Å². The monoisotopic (exact) mass is 351 g/mol. The van der Waals surface area contributed by atoms with E-state index >= 15 is 0 Å². The first-order valence-corrected chi connectivity index (χ1v) is 9.44. The zero-order valence-corrected chi connectivity index (χ0v) is 14.8. The number of thiazole rings is 1. The molecule has 124 valence electrons. The molecule has 0 radical (unpaired) electrons. The normalized spacial score (nSPS) is 10.5. The van der Waals surface area contributed by atoms with E-state index in [1.165, 1.54) is 11.3 Å². The van der Waals surface area contributed by atoms with Gasteiger partial charge in [0.1, 0.15) is 0 Å². The fourth-order valence-corrected chi connectivity index (χ4v) is 3.38. The van der Waals surface area contributed by atoms with Gasteiger partial charge in [-0.1, -0.05) is 25.8 Å². The van der Waals surface area contributed by atoms with E-state index in [1.54, 1.807) is 27.8 Å². The molecular formula is C16H21N3O2S2. The van der Waals surface area contributed by atoms with Crippen LogP contribution in [-0.4, -0.2) is 34.8 Å². The van der Waals surface area contributed by atoms with Gasteiger partial charge in [0, 0.05) is 23.0 Å². The Morgan fingerprint density at radius 2 is 2.13 bits per heavy atom. The van der Waals surface area contributed by atoms with Gasteiger partial charge in [0.05, 0.1) is 13.0 Å². The Bertz CT molecular complexity index is 597. The molecule has 0 aliphatic rings. The van der Waals surface area contributed by atoms with Crippen LogP contribution in [0.2, 0.25) is 0 Å². The number of carbonyl (C=O) groups excluding carboxylic acids is 2. The second kappa shape index (κ2) is 9.42. The summed E-state index contributed by atoms with van der Waals surface area (Å²) in [4.78, 5) is 31.3. The molecule has 0 saturated carbocycles. The second-order valence-electron chi connectivity index (χ2n) is 5.16. The summed E-state index contributed by atoms with van der Waals surface area (Å²) in [5.74, 6) is -0.200. The molecule has 0 unspecified atom stereocenters. The molecule has 2 aromatic heterocycles. The van der Waals surface area contributed by atoms with Crippen molar-refractivity contribution in [3.63, 3.8) is 0 Å². The molecule has 2 aromatic rings. The van der Waals surface area contributed by atoms with Crippen LogP contribution >= 0.6 is 22.7 Å². The number of thiophene rings is 1. The largest absolute Gasteiger partial charge is 0.333 e. The van der Waals surface area contributed by atoms with E-state index < -0.39 is 0 Å². The highest BCUT2D eigenvalue weighted by Gasteiger charge is 2.18. The minimum absolute atomic E-state index is 0.00200. The molecule has 0 fully saturated rings. The van der Waals surface area contributed by atoms with E-state index in [4.69, 9.17) is 0 Å². The summed E-state index contributed by atoms with van der Waals surface area (Å²) in [5.41, 5.74) is 0. The van der Waals surface area contributed by atoms with E-state index in [-0.39, 0.29) is 18.4 Å². The Morgan fingerprint density at radius 1 is 1.26 bits per heavy atom. The summed E-state index contributed by atoms with van der Waals surface area (Å²) < 4.78 is 0. The summed E-state index contributed by atoms with van der Waals surface area (Å²) in [5, 5.41) is 7.06. The van der Waals surface area contributed by atoms with Crippen molar-refractivity contribution in [2.75, 3.05) is 18.4 Å². The van der Waals surface area contributed by atoms with Crippen LogP contribution in [0.4, 0.5) is 5.13 Å². The number of hydrogen-bond acceptors (Lipinski definition) is 5. The average Bonchev–Trinajstić information content (AvgIpc) is 3.20. The molecule has 0 bridgehead atoms. The first kappa shape index (κ1) is 17.6. The van der Waals surface area contributed by atoms with Gasteiger partial charge in [-0.3, -0.25) is 9.59 Å². The molecular weight excluding hydrogens is 330 g/mol. The number of rotatable bonds is 9. The summed E-state index contributed by atoms with van der Waals surface area (Å²) >= 11 is 2.93. The minimum atomic E-state index is -0.198. The second-order valence-corrected chi connectivity index (χ2v) is 7.09. The number of hydrogen-bond donors (Lipinski definition) is 1. The van der Waals surface area contributed by atoms with Gasteiger partial charge in [-0.15, -0.1) is 22.7 Å². The van der Waals surface area contributed by atoms with Crippen molar-refractivity contribution in [1.82, 2.24) is 9.88 Å². The highest BCUT2D eigenvalue weighted by Crippen LogP contribution is 2.13. The molecule has 2 rings (SSSR count). The van der Waals surface area contributed by atoms with Crippen LogP contribution in [0.3, 0.4) is 0 Å². The lowest BCUT2D eigenvalue weighted by Crippen LogP contribution is -2.39. The van der Waals surface area contributed by atoms with Crippen LogP contribution in [0.1, 0.15) is 31.1 Å². The number of nitrogens with one attached hydrogen (secondary N) is 1. The molecule has 2 amide bonds. The van der Waals surface area contributed by atoms with Crippen LogP contribution < -0.4 is 5.32 Å². The van der Waals surface area contributed by atoms with Crippen LogP contribution in [0.15, 0.2) is 29.1 Å². The first-order valence-electron chi connectivity index (χ1n) is 7.68. The molecule has 2 heterocycles. The number of nitrogens with zero attached hydrogens (tertiary/aromatic N) is 2. The van der Waals surface area contributed by atoms with Crippen molar-refractivity contribution in [1.29, 1.82) is 0 Å². The molecule has 0 atom stereocenters. The Hall–Kier alpha value is -1.73. The van der Waals surface area contributed by atoms with Crippen LogP contribution in [-0.2, 0) is 16.0 Å². The summed E-state index contributed by atoms with van der Waals surface area (Å²) in [6.45, 7) is 2.81. The zero-order chi connectivity index (χ0) is 16.5. The lowest BCUT2D eigenvalue weighted by Gasteiger charge is -2.21. The van der Waals surface area contributed by atoms with Crippen molar-refractivity contribution < 1.29 is 9.59 Å². The Morgan fingerprint density at radius 3 is 2.78 bits per heavy atom. The number of unbranched alkanes of at least 4 members (excludes halogenated alkanes) is 2. The van der Waals surface area contributed by atoms with Gasteiger partial charge < -0.3 is 10.2 Å². The maximum Gasteiger partial charge on any atom is 0.245 e. The first-order chi connectivity index (χ1) is 11.2. The number of anilines is 1. The lowest BCUT2D eigenvalue weighted by atomic mass is 10.2. The van der Waals surface area contributed by atoms with Gasteiger partial charge in [0.2, 0.25) is 11.8 Å². The van der Waals surface area contributed by atoms with Gasteiger partial charge in [-0.2, -0.15) is 0 Å². The van der Waals surface area contributed by atoms with Crippen LogP contribution in [0.25, 0.3) is 0 Å². The third-order valence-electron chi connectivity index (χ3n) is 3.30. The minimum Gasteiger partial charge on any atom is -0.333 e. The highest BCUT2D eigenvalue weighted by molar-refractivity contribution is 7.13. The van der Waals surface area contributed by atoms with Gasteiger partial charge in [0.15, 0.2) is 5.13 Å². The van der Waals surface area contributed by atoms with Gasteiger partial charge >= 0.3 is 0 Å². The van der Waals surface area contributed by atoms with Gasteiger partial charge in [-0.05, 0) is 17.9 Å². The molecule has 0 aliphatic heterocycles. The summed E-state index contributed by atoms with van der Waals surface area (Å²) in [7, 11) is 0.